The number of thiazole rings is 1. The van der Waals surface area contributed by atoms with Crippen LogP contribution in [0.3, 0.4) is 0 Å². The third-order valence-electron chi connectivity index (χ3n) is 1.86. The van der Waals surface area contributed by atoms with Gasteiger partial charge in [0.1, 0.15) is 6.33 Å². The second kappa shape index (κ2) is 4.28. The Labute approximate surface area is 86.9 Å². The monoisotopic (exact) mass is 205 g/mol. The first-order chi connectivity index (χ1) is 6.90. The van der Waals surface area contributed by atoms with Crippen molar-refractivity contribution in [3.8, 4) is 10.4 Å². The van der Waals surface area contributed by atoms with Crippen molar-refractivity contribution >= 4 is 11.3 Å². The van der Waals surface area contributed by atoms with Gasteiger partial charge >= 0.3 is 0 Å². The second-order valence-corrected chi connectivity index (χ2v) is 4.11. The van der Waals surface area contributed by atoms with Crippen LogP contribution in [0.5, 0.6) is 0 Å². The summed E-state index contributed by atoms with van der Waals surface area (Å²) in [6.45, 7) is 2.16. The molecule has 0 aliphatic rings. The number of aryl methyl sites for hydroxylation is 1. The molecule has 0 aromatic carbocycles. The summed E-state index contributed by atoms with van der Waals surface area (Å²) in [5.74, 6) is 0. The van der Waals surface area contributed by atoms with Crippen molar-refractivity contribution < 1.29 is 0 Å². The highest BCUT2D eigenvalue weighted by molar-refractivity contribution is 7.15. The fourth-order valence-corrected chi connectivity index (χ4v) is 2.19. The molecule has 14 heavy (non-hydrogen) atoms. The molecular weight excluding hydrogens is 194 g/mol. The van der Waals surface area contributed by atoms with Crippen molar-refractivity contribution in [2.45, 2.75) is 19.8 Å². The molecule has 0 atom stereocenters. The topological polar surface area (TPSA) is 38.7 Å². The van der Waals surface area contributed by atoms with Gasteiger partial charge in [0.15, 0.2) is 0 Å². The van der Waals surface area contributed by atoms with Gasteiger partial charge in [0.25, 0.3) is 0 Å². The first-order valence-corrected chi connectivity index (χ1v) is 5.42. The van der Waals surface area contributed by atoms with Gasteiger partial charge in [-0.2, -0.15) is 0 Å². The second-order valence-electron chi connectivity index (χ2n) is 3.00. The number of rotatable bonds is 3. The van der Waals surface area contributed by atoms with E-state index in [2.05, 4.69) is 21.9 Å². The molecule has 0 bridgehead atoms. The van der Waals surface area contributed by atoms with E-state index in [4.69, 9.17) is 0 Å². The fraction of sp³-hybridized carbons (Fsp3) is 0.300. The predicted molar refractivity (Wildman–Crippen MR) is 57.1 cm³/mol. The Balaban J connectivity index is 2.25. The van der Waals surface area contributed by atoms with Gasteiger partial charge < -0.3 is 0 Å². The molecule has 0 saturated carbocycles. The molecule has 0 unspecified atom stereocenters. The molecule has 4 heteroatoms. The molecule has 72 valence electrons. The quantitative estimate of drug-likeness (QED) is 0.773. The van der Waals surface area contributed by atoms with Gasteiger partial charge in [-0.3, -0.25) is 0 Å². The molecule has 2 heterocycles. The highest BCUT2D eigenvalue weighted by Gasteiger charge is 2.03. The summed E-state index contributed by atoms with van der Waals surface area (Å²) < 4.78 is 0. The lowest BCUT2D eigenvalue weighted by atomic mass is 10.3. The zero-order valence-corrected chi connectivity index (χ0v) is 8.79. The summed E-state index contributed by atoms with van der Waals surface area (Å²) in [7, 11) is 0. The summed E-state index contributed by atoms with van der Waals surface area (Å²) in [6.07, 6.45) is 9.26. The van der Waals surface area contributed by atoms with E-state index >= 15 is 0 Å². The maximum absolute atomic E-state index is 4.35. The predicted octanol–water partition coefficient (Wildman–Crippen LogP) is 2.55. The zero-order chi connectivity index (χ0) is 9.80. The first kappa shape index (κ1) is 9.27. The summed E-state index contributed by atoms with van der Waals surface area (Å²) in [5, 5.41) is 1.19. The largest absolute Gasteiger partial charge is 0.249 e. The Morgan fingerprint density at radius 3 is 2.71 bits per heavy atom. The van der Waals surface area contributed by atoms with Crippen LogP contribution in [-0.2, 0) is 6.42 Å². The molecule has 0 saturated heterocycles. The lowest BCUT2D eigenvalue weighted by Gasteiger charge is -1.92. The Bertz CT molecular complexity index is 397. The Morgan fingerprint density at radius 2 is 2.00 bits per heavy atom. The van der Waals surface area contributed by atoms with Crippen LogP contribution in [0.25, 0.3) is 10.4 Å². The first-order valence-electron chi connectivity index (χ1n) is 4.60. The molecule has 0 fully saturated rings. The number of hydrogen-bond acceptors (Lipinski definition) is 4. The van der Waals surface area contributed by atoms with Crippen LogP contribution in [0.2, 0.25) is 0 Å². The third kappa shape index (κ3) is 1.96. The van der Waals surface area contributed by atoms with Crippen molar-refractivity contribution in [2.75, 3.05) is 0 Å². The van der Waals surface area contributed by atoms with Crippen LogP contribution >= 0.6 is 11.3 Å². The van der Waals surface area contributed by atoms with E-state index in [1.54, 1.807) is 11.3 Å². The molecule has 3 nitrogen and oxygen atoms in total. The summed E-state index contributed by atoms with van der Waals surface area (Å²) in [5.41, 5.74) is 1.05. The third-order valence-corrected chi connectivity index (χ3v) is 2.97. The van der Waals surface area contributed by atoms with Gasteiger partial charge in [-0.1, -0.05) is 6.92 Å². The minimum atomic E-state index is 1.05. The molecule has 0 spiro atoms. The minimum Gasteiger partial charge on any atom is -0.249 e. The van der Waals surface area contributed by atoms with E-state index in [-0.39, 0.29) is 0 Å². The molecule has 0 aliphatic heterocycles. The zero-order valence-electron chi connectivity index (χ0n) is 7.97. The summed E-state index contributed by atoms with van der Waals surface area (Å²) in [4.78, 5) is 13.5. The van der Waals surface area contributed by atoms with Gasteiger partial charge in [0, 0.05) is 24.2 Å². The average molecular weight is 205 g/mol. The van der Waals surface area contributed by atoms with Gasteiger partial charge in [0.2, 0.25) is 0 Å². The molecule has 0 aliphatic carbocycles. The van der Waals surface area contributed by atoms with Crippen LogP contribution in [0.1, 0.15) is 18.4 Å². The molecule has 0 N–H and O–H groups in total. The smallest absolute Gasteiger partial charge is 0.115 e. The maximum Gasteiger partial charge on any atom is 0.115 e. The Kier molecular flexibility index (Phi) is 2.84. The van der Waals surface area contributed by atoms with E-state index in [0.717, 1.165) is 23.3 Å². The average Bonchev–Trinajstić information content (AvgIpc) is 2.68. The van der Waals surface area contributed by atoms with Crippen LogP contribution in [0, 0.1) is 0 Å². The standard InChI is InChI=1S/C10H11N3S/c1-2-3-10-13-6-9(14-10)8-4-11-7-12-5-8/h4-7H,2-3H2,1H3. The summed E-state index contributed by atoms with van der Waals surface area (Å²) in [6, 6.07) is 0. The van der Waals surface area contributed by atoms with Crippen molar-refractivity contribution in [1.82, 2.24) is 15.0 Å². The van der Waals surface area contributed by atoms with Crippen LogP contribution in [0.4, 0.5) is 0 Å². The maximum atomic E-state index is 4.35. The van der Waals surface area contributed by atoms with E-state index in [9.17, 15) is 0 Å². The highest BCUT2D eigenvalue weighted by Crippen LogP contribution is 2.25. The van der Waals surface area contributed by atoms with Crippen molar-refractivity contribution in [3.63, 3.8) is 0 Å². The highest BCUT2D eigenvalue weighted by atomic mass is 32.1. The van der Waals surface area contributed by atoms with Crippen LogP contribution in [-0.4, -0.2) is 15.0 Å². The van der Waals surface area contributed by atoms with E-state index in [1.807, 2.05) is 18.6 Å². The van der Waals surface area contributed by atoms with Crippen molar-refractivity contribution in [2.24, 2.45) is 0 Å². The van der Waals surface area contributed by atoms with Crippen LogP contribution in [0.15, 0.2) is 24.9 Å². The fourth-order valence-electron chi connectivity index (χ4n) is 1.20. The number of nitrogens with zero attached hydrogens (tertiary/aromatic N) is 3. The lowest BCUT2D eigenvalue weighted by Crippen LogP contribution is -1.77. The molecule has 0 radical (unpaired) electrons. The van der Waals surface area contributed by atoms with Gasteiger partial charge in [-0.15, -0.1) is 11.3 Å². The van der Waals surface area contributed by atoms with Gasteiger partial charge in [-0.05, 0) is 12.8 Å². The molecule has 2 rings (SSSR count). The van der Waals surface area contributed by atoms with Gasteiger partial charge in [-0.25, -0.2) is 15.0 Å². The summed E-state index contributed by atoms with van der Waals surface area (Å²) >= 11 is 1.72. The lowest BCUT2D eigenvalue weighted by molar-refractivity contribution is 0.909. The van der Waals surface area contributed by atoms with Crippen LogP contribution < -0.4 is 0 Å². The number of hydrogen-bond donors (Lipinski definition) is 0. The van der Waals surface area contributed by atoms with Gasteiger partial charge in [0.05, 0.1) is 9.88 Å². The van der Waals surface area contributed by atoms with E-state index in [1.165, 1.54) is 11.3 Å². The Morgan fingerprint density at radius 1 is 1.21 bits per heavy atom. The van der Waals surface area contributed by atoms with E-state index in [0.29, 0.717) is 0 Å². The molecular formula is C10H11N3S. The Hall–Kier alpha value is -1.29. The normalized spacial score (nSPS) is 10.4. The SMILES string of the molecule is CCCc1ncc(-c2cncnc2)s1. The van der Waals surface area contributed by atoms with Crippen molar-refractivity contribution in [1.29, 1.82) is 0 Å². The molecule has 2 aromatic rings. The van der Waals surface area contributed by atoms with E-state index < -0.39 is 0 Å². The number of aromatic nitrogens is 3. The van der Waals surface area contributed by atoms with Crippen molar-refractivity contribution in [3.05, 3.63) is 29.9 Å². The molecule has 0 amide bonds. The molecule has 2 aromatic heterocycles. The minimum absolute atomic E-state index is 1.05.